The van der Waals surface area contributed by atoms with Crippen molar-refractivity contribution in [1.29, 1.82) is 0 Å². The molecule has 130 valence electrons. The monoisotopic (exact) mass is 342 g/mol. The number of hydrogen-bond acceptors (Lipinski definition) is 5. The van der Waals surface area contributed by atoms with Crippen LogP contribution < -0.4 is 16.6 Å². The van der Waals surface area contributed by atoms with Gasteiger partial charge in [0.05, 0.1) is 11.1 Å². The largest absolute Gasteiger partial charge is 0.371 e. The number of carbonyl (C=O) groups excluding carboxylic acids is 2. The number of rotatable bonds is 5. The van der Waals surface area contributed by atoms with Crippen molar-refractivity contribution < 1.29 is 9.59 Å². The zero-order valence-corrected chi connectivity index (χ0v) is 14.0. The molecule has 0 fully saturated rings. The maximum absolute atomic E-state index is 12.2. The van der Waals surface area contributed by atoms with Crippen LogP contribution in [-0.4, -0.2) is 38.9 Å². The quantitative estimate of drug-likeness (QED) is 0.618. The summed E-state index contributed by atoms with van der Waals surface area (Å²) in [4.78, 5) is 49.2. The fourth-order valence-corrected chi connectivity index (χ4v) is 2.80. The van der Waals surface area contributed by atoms with Crippen LogP contribution in [0.2, 0.25) is 0 Å². The van der Waals surface area contributed by atoms with Crippen molar-refractivity contribution in [2.24, 2.45) is 14.1 Å². The SMILES string of the molecule is Cn1c(NCCCN2C(=O)c3ccccc3C2=O)cc(=O)n(C)c1=O. The number of benzene rings is 1. The molecule has 2 amide bonds. The second kappa shape index (κ2) is 6.39. The Hall–Kier alpha value is -3.16. The molecule has 8 heteroatoms. The summed E-state index contributed by atoms with van der Waals surface area (Å²) in [5, 5.41) is 3.00. The van der Waals surface area contributed by atoms with E-state index in [2.05, 4.69) is 5.32 Å². The number of imide groups is 1. The van der Waals surface area contributed by atoms with Crippen LogP contribution in [-0.2, 0) is 14.1 Å². The molecule has 25 heavy (non-hydrogen) atoms. The van der Waals surface area contributed by atoms with Gasteiger partial charge in [-0.2, -0.15) is 0 Å². The minimum atomic E-state index is -0.421. The van der Waals surface area contributed by atoms with Gasteiger partial charge < -0.3 is 5.32 Å². The molecule has 8 nitrogen and oxygen atoms in total. The summed E-state index contributed by atoms with van der Waals surface area (Å²) >= 11 is 0. The lowest BCUT2D eigenvalue weighted by molar-refractivity contribution is 0.0654. The van der Waals surface area contributed by atoms with Gasteiger partial charge in [0.15, 0.2) is 0 Å². The molecule has 1 aromatic carbocycles. The van der Waals surface area contributed by atoms with Gasteiger partial charge in [0.1, 0.15) is 5.82 Å². The van der Waals surface area contributed by atoms with E-state index in [0.29, 0.717) is 29.9 Å². The molecule has 0 aliphatic carbocycles. The molecule has 0 unspecified atom stereocenters. The minimum absolute atomic E-state index is 0.262. The van der Waals surface area contributed by atoms with Gasteiger partial charge in [0.2, 0.25) is 0 Å². The molecule has 1 aromatic heterocycles. The molecule has 0 saturated carbocycles. The van der Waals surface area contributed by atoms with Crippen LogP contribution in [0.1, 0.15) is 27.1 Å². The summed E-state index contributed by atoms with van der Waals surface area (Å²) < 4.78 is 2.35. The number of fused-ring (bicyclic) bond motifs is 1. The summed E-state index contributed by atoms with van der Waals surface area (Å²) in [6.07, 6.45) is 0.495. The Morgan fingerprint density at radius 3 is 2.12 bits per heavy atom. The van der Waals surface area contributed by atoms with E-state index in [9.17, 15) is 19.2 Å². The molecule has 0 bridgehead atoms. The van der Waals surface area contributed by atoms with Gasteiger partial charge in [-0.05, 0) is 18.6 Å². The summed E-state index contributed by atoms with van der Waals surface area (Å²) in [7, 11) is 2.98. The fraction of sp³-hybridized carbons (Fsp3) is 0.294. The van der Waals surface area contributed by atoms with Crippen molar-refractivity contribution >= 4 is 17.6 Å². The second-order valence-electron chi connectivity index (χ2n) is 5.86. The topological polar surface area (TPSA) is 93.4 Å². The van der Waals surface area contributed by atoms with Gasteiger partial charge in [-0.1, -0.05) is 12.1 Å². The molecule has 0 radical (unpaired) electrons. The average Bonchev–Trinajstić information content (AvgIpc) is 2.86. The summed E-state index contributed by atoms with van der Waals surface area (Å²) in [5.74, 6) is -0.182. The highest BCUT2D eigenvalue weighted by atomic mass is 16.2. The summed E-state index contributed by atoms with van der Waals surface area (Å²) in [5.41, 5.74) is 0.0325. The van der Waals surface area contributed by atoms with Crippen molar-refractivity contribution in [1.82, 2.24) is 14.0 Å². The average molecular weight is 342 g/mol. The van der Waals surface area contributed by atoms with Crippen molar-refractivity contribution in [2.75, 3.05) is 18.4 Å². The number of carbonyl (C=O) groups is 2. The van der Waals surface area contributed by atoms with Crippen LogP contribution in [0.3, 0.4) is 0 Å². The van der Waals surface area contributed by atoms with Crippen LogP contribution in [0.15, 0.2) is 39.9 Å². The number of nitrogens with zero attached hydrogens (tertiary/aromatic N) is 3. The lowest BCUT2D eigenvalue weighted by Crippen LogP contribution is -2.37. The second-order valence-corrected chi connectivity index (χ2v) is 5.86. The first-order chi connectivity index (χ1) is 11.9. The highest BCUT2D eigenvalue weighted by Gasteiger charge is 2.34. The van der Waals surface area contributed by atoms with Crippen LogP contribution in [0.5, 0.6) is 0 Å². The maximum Gasteiger partial charge on any atom is 0.332 e. The first-order valence-corrected chi connectivity index (χ1v) is 7.88. The van der Waals surface area contributed by atoms with Gasteiger partial charge in [0.25, 0.3) is 17.4 Å². The van der Waals surface area contributed by atoms with Crippen LogP contribution in [0.4, 0.5) is 5.82 Å². The molecule has 2 aromatic rings. The predicted molar refractivity (Wildman–Crippen MR) is 91.8 cm³/mol. The fourth-order valence-electron chi connectivity index (χ4n) is 2.80. The first-order valence-electron chi connectivity index (χ1n) is 7.88. The molecular formula is C17H18N4O4. The van der Waals surface area contributed by atoms with Crippen LogP contribution in [0, 0.1) is 0 Å². The third-order valence-corrected chi connectivity index (χ3v) is 4.27. The highest BCUT2D eigenvalue weighted by molar-refractivity contribution is 6.21. The van der Waals surface area contributed by atoms with E-state index in [-0.39, 0.29) is 18.4 Å². The Kier molecular flexibility index (Phi) is 4.26. The van der Waals surface area contributed by atoms with Gasteiger partial charge in [0, 0.05) is 33.3 Å². The lowest BCUT2D eigenvalue weighted by atomic mass is 10.1. The van der Waals surface area contributed by atoms with Crippen molar-refractivity contribution in [3.63, 3.8) is 0 Å². The first kappa shape index (κ1) is 16.7. The standard InChI is InChI=1S/C17H18N4O4/c1-19-13(10-14(22)20(2)17(19)25)18-8-5-9-21-15(23)11-6-3-4-7-12(11)16(21)24/h3-4,6-7,10,18H,5,8-9H2,1-2H3. The lowest BCUT2D eigenvalue weighted by Gasteiger charge is -2.15. The molecule has 1 aliphatic heterocycles. The molecule has 0 saturated heterocycles. The predicted octanol–water partition coefficient (Wildman–Crippen LogP) is 0.182. The Bertz CT molecular complexity index is 938. The molecule has 2 heterocycles. The van der Waals surface area contributed by atoms with Gasteiger partial charge >= 0.3 is 5.69 Å². The van der Waals surface area contributed by atoms with Crippen molar-refractivity contribution in [3.8, 4) is 0 Å². The van der Waals surface area contributed by atoms with E-state index < -0.39 is 11.2 Å². The zero-order chi connectivity index (χ0) is 18.1. The molecule has 3 rings (SSSR count). The molecule has 1 aliphatic rings. The highest BCUT2D eigenvalue weighted by Crippen LogP contribution is 2.22. The number of amides is 2. The van der Waals surface area contributed by atoms with E-state index >= 15 is 0 Å². The van der Waals surface area contributed by atoms with Gasteiger partial charge in [-0.3, -0.25) is 28.4 Å². The molecule has 0 spiro atoms. The van der Waals surface area contributed by atoms with E-state index in [1.54, 1.807) is 31.3 Å². The summed E-state index contributed by atoms with van der Waals surface area (Å²) in [6, 6.07) is 8.08. The van der Waals surface area contributed by atoms with E-state index in [0.717, 1.165) is 4.57 Å². The Labute approximate surface area is 143 Å². The number of nitrogens with one attached hydrogen (secondary N) is 1. The molecule has 0 atom stereocenters. The van der Waals surface area contributed by atoms with Gasteiger partial charge in [-0.25, -0.2) is 4.79 Å². The minimum Gasteiger partial charge on any atom is -0.371 e. The van der Waals surface area contributed by atoms with Gasteiger partial charge in [-0.15, -0.1) is 0 Å². The van der Waals surface area contributed by atoms with Crippen molar-refractivity contribution in [3.05, 3.63) is 62.3 Å². The Balaban J connectivity index is 1.62. The zero-order valence-electron chi connectivity index (χ0n) is 14.0. The van der Waals surface area contributed by atoms with E-state index in [4.69, 9.17) is 0 Å². The van der Waals surface area contributed by atoms with Crippen LogP contribution >= 0.6 is 0 Å². The third kappa shape index (κ3) is 2.86. The smallest absolute Gasteiger partial charge is 0.332 e. The third-order valence-electron chi connectivity index (χ3n) is 4.27. The Morgan fingerprint density at radius 1 is 0.920 bits per heavy atom. The molecular weight excluding hydrogens is 324 g/mol. The number of anilines is 1. The van der Waals surface area contributed by atoms with E-state index in [1.165, 1.54) is 22.6 Å². The normalized spacial score (nSPS) is 13.3. The Morgan fingerprint density at radius 2 is 1.52 bits per heavy atom. The number of hydrogen-bond donors (Lipinski definition) is 1. The summed E-state index contributed by atoms with van der Waals surface area (Å²) in [6.45, 7) is 0.673. The maximum atomic E-state index is 12.2. The van der Waals surface area contributed by atoms with E-state index in [1.807, 2.05) is 0 Å². The molecule has 1 N–H and O–H groups in total. The van der Waals surface area contributed by atoms with Crippen molar-refractivity contribution in [2.45, 2.75) is 6.42 Å². The van der Waals surface area contributed by atoms with Crippen LogP contribution in [0.25, 0.3) is 0 Å². The number of aromatic nitrogens is 2.